The van der Waals surface area contributed by atoms with Gasteiger partial charge in [-0.1, -0.05) is 19.3 Å². The lowest BCUT2D eigenvalue weighted by atomic mass is 9.96. The smallest absolute Gasteiger partial charge is 0.157 e. The highest BCUT2D eigenvalue weighted by atomic mass is 16.7. The van der Waals surface area contributed by atoms with Crippen molar-refractivity contribution in [2.24, 2.45) is 0 Å². The van der Waals surface area contributed by atoms with Gasteiger partial charge in [-0.05, 0) is 12.8 Å². The summed E-state index contributed by atoms with van der Waals surface area (Å²) in [5.41, 5.74) is 2.30. The summed E-state index contributed by atoms with van der Waals surface area (Å²) in [5.74, 6) is 0. The van der Waals surface area contributed by atoms with Gasteiger partial charge in [0.05, 0.1) is 6.04 Å². The predicted molar refractivity (Wildman–Crippen MR) is 37.0 cm³/mol. The Morgan fingerprint density at radius 1 is 1.30 bits per heavy atom. The van der Waals surface area contributed by atoms with E-state index in [1.54, 1.807) is 0 Å². The molecule has 0 aromatic heterocycles. The number of hydrogen-bond donors (Lipinski definition) is 1. The number of nitrogens with one attached hydrogen (secondary N) is 1. The van der Waals surface area contributed by atoms with E-state index in [1.165, 1.54) is 6.42 Å². The third-order valence-corrected chi connectivity index (χ3v) is 1.89. The van der Waals surface area contributed by atoms with Crippen molar-refractivity contribution in [1.29, 1.82) is 0 Å². The highest BCUT2D eigenvalue weighted by Gasteiger charge is 2.16. The van der Waals surface area contributed by atoms with Gasteiger partial charge in [-0.25, -0.2) is 10.1 Å². The van der Waals surface area contributed by atoms with Crippen LogP contribution in [0.1, 0.15) is 32.1 Å². The van der Waals surface area contributed by atoms with Crippen molar-refractivity contribution < 1.29 is 5.03 Å². The molecule has 4 heteroatoms. The molecule has 4 nitrogen and oxygen atoms in total. The first-order valence-corrected chi connectivity index (χ1v) is 3.69. The Bertz CT molecular complexity index is 121. The van der Waals surface area contributed by atoms with Crippen LogP contribution in [-0.2, 0) is 0 Å². The number of nitro groups is 1. The molecule has 1 N–H and O–H groups in total. The summed E-state index contributed by atoms with van der Waals surface area (Å²) in [7, 11) is 0. The van der Waals surface area contributed by atoms with Crippen molar-refractivity contribution in [2.75, 3.05) is 0 Å². The highest BCUT2D eigenvalue weighted by Crippen LogP contribution is 2.16. The molecular weight excluding hydrogens is 132 g/mol. The zero-order chi connectivity index (χ0) is 7.40. The van der Waals surface area contributed by atoms with Gasteiger partial charge in [0.2, 0.25) is 0 Å². The maximum absolute atomic E-state index is 9.96. The van der Waals surface area contributed by atoms with Gasteiger partial charge in [0.1, 0.15) is 0 Å². The van der Waals surface area contributed by atoms with Crippen LogP contribution in [-0.4, -0.2) is 11.1 Å². The Morgan fingerprint density at radius 2 is 1.90 bits per heavy atom. The predicted octanol–water partition coefficient (Wildman–Crippen LogP) is 1.10. The number of rotatable bonds is 2. The fourth-order valence-corrected chi connectivity index (χ4v) is 1.38. The second-order valence-corrected chi connectivity index (χ2v) is 2.72. The van der Waals surface area contributed by atoms with E-state index in [0.29, 0.717) is 0 Å². The molecular formula is C6H12N2O2. The number of hydrogen-bond acceptors (Lipinski definition) is 2. The SMILES string of the molecule is O=[N+]([O-])NC1CCCCC1. The van der Waals surface area contributed by atoms with Crippen molar-refractivity contribution in [3.63, 3.8) is 0 Å². The maximum atomic E-state index is 9.96. The van der Waals surface area contributed by atoms with Crippen molar-refractivity contribution in [3.05, 3.63) is 10.1 Å². The van der Waals surface area contributed by atoms with E-state index in [9.17, 15) is 10.1 Å². The van der Waals surface area contributed by atoms with Crippen LogP contribution in [0, 0.1) is 10.1 Å². The molecule has 1 rings (SSSR count). The van der Waals surface area contributed by atoms with Crippen LogP contribution in [0.15, 0.2) is 0 Å². The minimum Gasteiger partial charge on any atom is -0.235 e. The first-order chi connectivity index (χ1) is 4.79. The maximum Gasteiger partial charge on any atom is 0.157 e. The Balaban J connectivity index is 2.19. The van der Waals surface area contributed by atoms with Gasteiger partial charge >= 0.3 is 0 Å². The summed E-state index contributed by atoms with van der Waals surface area (Å²) < 4.78 is 0. The second kappa shape index (κ2) is 3.39. The molecule has 0 aromatic rings. The topological polar surface area (TPSA) is 55.2 Å². The number of hydrazine groups is 1. The fourth-order valence-electron chi connectivity index (χ4n) is 1.38. The summed E-state index contributed by atoms with van der Waals surface area (Å²) in [6.07, 6.45) is 5.41. The molecule has 0 saturated heterocycles. The lowest BCUT2D eigenvalue weighted by Gasteiger charge is -2.17. The van der Waals surface area contributed by atoms with Crippen LogP contribution in [0.5, 0.6) is 0 Å². The normalized spacial score (nSPS) is 20.4. The van der Waals surface area contributed by atoms with Crippen molar-refractivity contribution in [1.82, 2.24) is 5.43 Å². The second-order valence-electron chi connectivity index (χ2n) is 2.72. The van der Waals surface area contributed by atoms with Crippen molar-refractivity contribution in [2.45, 2.75) is 38.1 Å². The first-order valence-electron chi connectivity index (χ1n) is 3.69. The van der Waals surface area contributed by atoms with Crippen molar-refractivity contribution >= 4 is 0 Å². The van der Waals surface area contributed by atoms with E-state index in [1.807, 2.05) is 0 Å². The Morgan fingerprint density at radius 3 is 2.40 bits per heavy atom. The monoisotopic (exact) mass is 144 g/mol. The van der Waals surface area contributed by atoms with Gasteiger partial charge in [-0.2, -0.15) is 0 Å². The molecule has 10 heavy (non-hydrogen) atoms. The minimum atomic E-state index is -0.435. The average molecular weight is 144 g/mol. The minimum absolute atomic E-state index is 0.128. The molecule has 0 spiro atoms. The molecule has 0 amide bonds. The molecule has 1 aliphatic carbocycles. The molecule has 0 aromatic carbocycles. The lowest BCUT2D eigenvalue weighted by Crippen LogP contribution is -2.35. The molecule has 58 valence electrons. The fraction of sp³-hybridized carbons (Fsp3) is 1.00. The van der Waals surface area contributed by atoms with E-state index in [-0.39, 0.29) is 6.04 Å². The molecule has 0 aliphatic heterocycles. The van der Waals surface area contributed by atoms with Gasteiger partial charge in [0.15, 0.2) is 5.03 Å². The average Bonchev–Trinajstić information content (AvgIpc) is 1.88. The largest absolute Gasteiger partial charge is 0.235 e. The summed E-state index contributed by atoms with van der Waals surface area (Å²) in [6, 6.07) is 0.128. The summed E-state index contributed by atoms with van der Waals surface area (Å²) in [4.78, 5) is 9.96. The molecule has 1 aliphatic rings. The summed E-state index contributed by atoms with van der Waals surface area (Å²) in [5, 5.41) is 9.53. The zero-order valence-corrected chi connectivity index (χ0v) is 5.88. The standard InChI is InChI=1S/C6H12N2O2/c9-8(10)7-6-4-2-1-3-5-6/h6-7H,1-5H2. The lowest BCUT2D eigenvalue weighted by molar-refractivity contribution is -0.551. The first kappa shape index (κ1) is 7.31. The Hall–Kier alpha value is -0.800. The highest BCUT2D eigenvalue weighted by molar-refractivity contribution is 4.67. The van der Waals surface area contributed by atoms with Gasteiger partial charge in [-0.3, -0.25) is 0 Å². The third-order valence-electron chi connectivity index (χ3n) is 1.89. The number of nitrogens with zero attached hydrogens (tertiary/aromatic N) is 1. The Labute approximate surface area is 59.7 Å². The van der Waals surface area contributed by atoms with Gasteiger partial charge in [0.25, 0.3) is 0 Å². The van der Waals surface area contributed by atoms with Crippen LogP contribution < -0.4 is 5.43 Å². The van der Waals surface area contributed by atoms with Crippen LogP contribution in [0.4, 0.5) is 0 Å². The molecule has 1 saturated carbocycles. The quantitative estimate of drug-likeness (QED) is 0.466. The van der Waals surface area contributed by atoms with E-state index in [2.05, 4.69) is 5.43 Å². The summed E-state index contributed by atoms with van der Waals surface area (Å²) in [6.45, 7) is 0. The van der Waals surface area contributed by atoms with Gasteiger partial charge in [0, 0.05) is 0 Å². The summed E-state index contributed by atoms with van der Waals surface area (Å²) >= 11 is 0. The van der Waals surface area contributed by atoms with Crippen LogP contribution in [0.3, 0.4) is 0 Å². The zero-order valence-electron chi connectivity index (χ0n) is 5.88. The van der Waals surface area contributed by atoms with Crippen LogP contribution >= 0.6 is 0 Å². The van der Waals surface area contributed by atoms with Gasteiger partial charge in [-0.15, -0.1) is 5.43 Å². The van der Waals surface area contributed by atoms with Crippen LogP contribution in [0.2, 0.25) is 0 Å². The Kier molecular flexibility index (Phi) is 2.48. The molecule has 0 heterocycles. The van der Waals surface area contributed by atoms with Crippen molar-refractivity contribution in [3.8, 4) is 0 Å². The van der Waals surface area contributed by atoms with E-state index in [0.717, 1.165) is 25.7 Å². The van der Waals surface area contributed by atoms with Gasteiger partial charge < -0.3 is 0 Å². The van der Waals surface area contributed by atoms with E-state index in [4.69, 9.17) is 0 Å². The van der Waals surface area contributed by atoms with Crippen LogP contribution in [0.25, 0.3) is 0 Å². The molecule has 0 unspecified atom stereocenters. The molecule has 0 atom stereocenters. The molecule has 0 radical (unpaired) electrons. The third kappa shape index (κ3) is 2.21. The molecule has 1 fully saturated rings. The molecule has 0 bridgehead atoms. The van der Waals surface area contributed by atoms with E-state index >= 15 is 0 Å². The van der Waals surface area contributed by atoms with E-state index < -0.39 is 5.03 Å².